The molecule has 0 saturated carbocycles. The van der Waals surface area contributed by atoms with Gasteiger partial charge in [-0.2, -0.15) is 4.98 Å². The maximum absolute atomic E-state index is 10.4. The predicted molar refractivity (Wildman–Crippen MR) is 73.5 cm³/mol. The van der Waals surface area contributed by atoms with Crippen LogP contribution < -0.4 is 0 Å². The van der Waals surface area contributed by atoms with E-state index in [-0.39, 0.29) is 6.42 Å². The highest BCUT2D eigenvalue weighted by Crippen LogP contribution is 2.24. The van der Waals surface area contributed by atoms with Crippen molar-refractivity contribution in [3.8, 4) is 11.4 Å². The molecule has 0 aliphatic carbocycles. The predicted octanol–water partition coefficient (Wildman–Crippen LogP) is 2.75. The Bertz CT molecular complexity index is 750. The first-order valence-corrected chi connectivity index (χ1v) is 6.98. The maximum Gasteiger partial charge on any atom is 0.303 e. The molecule has 0 unspecified atom stereocenters. The highest BCUT2D eigenvalue weighted by Gasteiger charge is 2.10. The number of thiophene rings is 1. The van der Waals surface area contributed by atoms with E-state index in [4.69, 9.17) is 9.63 Å². The van der Waals surface area contributed by atoms with Gasteiger partial charge in [0.15, 0.2) is 0 Å². The Hall–Kier alpha value is -2.28. The largest absolute Gasteiger partial charge is 0.481 e. The van der Waals surface area contributed by atoms with Crippen LogP contribution in [0, 0.1) is 0 Å². The van der Waals surface area contributed by atoms with Crippen LogP contribution in [0.3, 0.4) is 0 Å². The van der Waals surface area contributed by atoms with Crippen molar-refractivity contribution in [3.63, 3.8) is 0 Å². The van der Waals surface area contributed by atoms with E-state index in [1.807, 2.05) is 17.5 Å². The minimum atomic E-state index is -0.822. The number of carboxylic acids is 1. The lowest BCUT2D eigenvalue weighted by atomic mass is 10.2. The monoisotopic (exact) mass is 289 g/mol. The number of hydrogen-bond acceptors (Lipinski definition) is 6. The quantitative estimate of drug-likeness (QED) is 0.776. The smallest absolute Gasteiger partial charge is 0.303 e. The molecule has 0 aliphatic heterocycles. The number of rotatable bonds is 5. The summed E-state index contributed by atoms with van der Waals surface area (Å²) in [6, 6.07) is 3.93. The van der Waals surface area contributed by atoms with Crippen molar-refractivity contribution in [2.45, 2.75) is 19.3 Å². The number of aryl methyl sites for hydroxylation is 1. The van der Waals surface area contributed by atoms with Gasteiger partial charge in [0, 0.05) is 24.6 Å². The van der Waals surface area contributed by atoms with Gasteiger partial charge in [0.1, 0.15) is 0 Å². The summed E-state index contributed by atoms with van der Waals surface area (Å²) < 4.78 is 6.19. The molecule has 0 radical (unpaired) electrons. The molecular weight excluding hydrogens is 278 g/mol. The highest BCUT2D eigenvalue weighted by atomic mass is 32.1. The van der Waals surface area contributed by atoms with E-state index in [0.717, 1.165) is 15.8 Å². The number of carbonyl (C=O) groups is 1. The molecule has 3 aromatic rings. The molecule has 0 amide bonds. The second kappa shape index (κ2) is 5.38. The fourth-order valence-electron chi connectivity index (χ4n) is 1.83. The molecular formula is C13H11N3O3S. The molecule has 3 rings (SSSR count). The van der Waals surface area contributed by atoms with Crippen LogP contribution in [0.1, 0.15) is 18.7 Å². The number of nitrogens with zero attached hydrogens (tertiary/aromatic N) is 3. The fraction of sp³-hybridized carbons (Fsp3) is 0.231. The van der Waals surface area contributed by atoms with Crippen molar-refractivity contribution in [1.82, 2.24) is 15.1 Å². The second-order valence-corrected chi connectivity index (χ2v) is 5.23. The Morgan fingerprint density at radius 1 is 1.45 bits per heavy atom. The van der Waals surface area contributed by atoms with Crippen molar-refractivity contribution >= 4 is 27.5 Å². The number of pyridine rings is 1. The molecule has 1 N–H and O–H groups in total. The van der Waals surface area contributed by atoms with Gasteiger partial charge < -0.3 is 9.63 Å². The Morgan fingerprint density at radius 2 is 2.35 bits per heavy atom. The van der Waals surface area contributed by atoms with Gasteiger partial charge in [-0.15, -0.1) is 11.3 Å². The number of hydrogen-bond donors (Lipinski definition) is 1. The summed E-state index contributed by atoms with van der Waals surface area (Å²) >= 11 is 1.61. The number of fused-ring (bicyclic) bond motifs is 1. The van der Waals surface area contributed by atoms with Crippen LogP contribution in [-0.2, 0) is 11.2 Å². The summed E-state index contributed by atoms with van der Waals surface area (Å²) in [4.78, 5) is 19.0. The van der Waals surface area contributed by atoms with Crippen molar-refractivity contribution < 1.29 is 14.4 Å². The highest BCUT2D eigenvalue weighted by molar-refractivity contribution is 7.17. The first-order chi connectivity index (χ1) is 9.72. The van der Waals surface area contributed by atoms with E-state index in [1.54, 1.807) is 17.5 Å². The summed E-state index contributed by atoms with van der Waals surface area (Å²) in [6.07, 6.45) is 2.76. The summed E-state index contributed by atoms with van der Waals surface area (Å²) in [5, 5.41) is 14.5. The molecule has 0 bridgehead atoms. The summed E-state index contributed by atoms with van der Waals surface area (Å²) in [5.74, 6) is 0.114. The molecule has 0 spiro atoms. The van der Waals surface area contributed by atoms with Crippen molar-refractivity contribution in [1.29, 1.82) is 0 Å². The molecule has 6 nitrogen and oxygen atoms in total. The van der Waals surface area contributed by atoms with Crippen molar-refractivity contribution in [2.75, 3.05) is 0 Å². The van der Waals surface area contributed by atoms with E-state index >= 15 is 0 Å². The normalized spacial score (nSPS) is 11.0. The van der Waals surface area contributed by atoms with Gasteiger partial charge in [-0.05, 0) is 23.9 Å². The lowest BCUT2D eigenvalue weighted by molar-refractivity contribution is -0.137. The summed E-state index contributed by atoms with van der Waals surface area (Å²) in [6.45, 7) is 0. The molecule has 3 heterocycles. The van der Waals surface area contributed by atoms with Crippen LogP contribution in [0.5, 0.6) is 0 Å². The van der Waals surface area contributed by atoms with Gasteiger partial charge in [0.25, 0.3) is 0 Å². The van der Waals surface area contributed by atoms with Crippen LogP contribution >= 0.6 is 11.3 Å². The molecule has 7 heteroatoms. The van der Waals surface area contributed by atoms with Crippen LogP contribution in [0.4, 0.5) is 0 Å². The molecule has 20 heavy (non-hydrogen) atoms. The average Bonchev–Trinajstić information content (AvgIpc) is 3.05. The SMILES string of the molecule is O=C(O)CCCc1nc(-c2cnc3ccsc3c2)no1. The molecule has 102 valence electrons. The van der Waals surface area contributed by atoms with Gasteiger partial charge in [-0.25, -0.2) is 0 Å². The lowest BCUT2D eigenvalue weighted by Crippen LogP contribution is -1.96. The van der Waals surface area contributed by atoms with Crippen LogP contribution in [0.15, 0.2) is 28.2 Å². The number of carboxylic acid groups (broad SMARTS) is 1. The van der Waals surface area contributed by atoms with Gasteiger partial charge in [0.05, 0.1) is 10.2 Å². The maximum atomic E-state index is 10.4. The van der Waals surface area contributed by atoms with Crippen LogP contribution in [0.25, 0.3) is 21.6 Å². The first-order valence-electron chi connectivity index (χ1n) is 6.10. The number of aromatic nitrogens is 3. The Kier molecular flexibility index (Phi) is 3.42. The van der Waals surface area contributed by atoms with E-state index < -0.39 is 5.97 Å². The first kappa shape index (κ1) is 12.7. The van der Waals surface area contributed by atoms with E-state index in [1.165, 1.54) is 0 Å². The molecule has 0 fully saturated rings. The third-order valence-corrected chi connectivity index (χ3v) is 3.66. The topological polar surface area (TPSA) is 89.1 Å². The molecule has 0 aliphatic rings. The van der Waals surface area contributed by atoms with E-state index in [2.05, 4.69) is 15.1 Å². The lowest BCUT2D eigenvalue weighted by Gasteiger charge is -1.93. The minimum Gasteiger partial charge on any atom is -0.481 e. The number of aliphatic carboxylic acids is 1. The van der Waals surface area contributed by atoms with E-state index in [0.29, 0.717) is 24.6 Å². The standard InChI is InChI=1S/C13H11N3O3S/c17-12(18)3-1-2-11-15-13(16-19-11)8-6-10-9(14-7-8)4-5-20-10/h4-7H,1-3H2,(H,17,18). The zero-order chi connectivity index (χ0) is 13.9. The zero-order valence-corrected chi connectivity index (χ0v) is 11.3. The Balaban J connectivity index is 1.76. The minimum absolute atomic E-state index is 0.0976. The Morgan fingerprint density at radius 3 is 3.20 bits per heavy atom. The molecule has 3 aromatic heterocycles. The fourth-order valence-corrected chi connectivity index (χ4v) is 2.61. The molecule has 0 atom stereocenters. The third-order valence-electron chi connectivity index (χ3n) is 2.81. The van der Waals surface area contributed by atoms with Crippen LogP contribution in [0.2, 0.25) is 0 Å². The van der Waals surface area contributed by atoms with Gasteiger partial charge in [-0.3, -0.25) is 9.78 Å². The summed E-state index contributed by atoms with van der Waals surface area (Å²) in [5.41, 5.74) is 1.75. The van der Waals surface area contributed by atoms with Gasteiger partial charge >= 0.3 is 5.97 Å². The van der Waals surface area contributed by atoms with Crippen molar-refractivity contribution in [3.05, 3.63) is 29.6 Å². The van der Waals surface area contributed by atoms with Gasteiger partial charge in [0.2, 0.25) is 11.7 Å². The van der Waals surface area contributed by atoms with E-state index in [9.17, 15) is 4.79 Å². The summed E-state index contributed by atoms with van der Waals surface area (Å²) in [7, 11) is 0. The average molecular weight is 289 g/mol. The van der Waals surface area contributed by atoms with Gasteiger partial charge in [-0.1, -0.05) is 5.16 Å². The Labute approximate surface area is 118 Å². The van der Waals surface area contributed by atoms with Crippen LogP contribution in [-0.4, -0.2) is 26.2 Å². The molecule has 0 aromatic carbocycles. The second-order valence-electron chi connectivity index (χ2n) is 4.29. The zero-order valence-electron chi connectivity index (χ0n) is 10.4. The molecule has 0 saturated heterocycles. The van der Waals surface area contributed by atoms with Crippen molar-refractivity contribution in [2.24, 2.45) is 0 Å². The third kappa shape index (κ3) is 2.67.